The van der Waals surface area contributed by atoms with E-state index >= 15 is 0 Å². The summed E-state index contributed by atoms with van der Waals surface area (Å²) in [5, 5.41) is 3.63. The molecule has 6 heteroatoms. The minimum absolute atomic E-state index is 0.0196. The molecule has 2 unspecified atom stereocenters. The van der Waals surface area contributed by atoms with E-state index in [9.17, 15) is 4.79 Å². The lowest BCUT2D eigenvalue weighted by Crippen LogP contribution is -2.42. The van der Waals surface area contributed by atoms with Crippen molar-refractivity contribution in [1.82, 2.24) is 21.2 Å². The van der Waals surface area contributed by atoms with E-state index in [-0.39, 0.29) is 18.0 Å². The Kier molecular flexibility index (Phi) is 4.68. The van der Waals surface area contributed by atoms with E-state index in [0.717, 1.165) is 11.1 Å². The number of hydrazine groups is 1. The van der Waals surface area contributed by atoms with Gasteiger partial charge in [0, 0.05) is 30.0 Å². The van der Waals surface area contributed by atoms with Crippen molar-refractivity contribution >= 4 is 17.5 Å². The van der Waals surface area contributed by atoms with Gasteiger partial charge in [0.2, 0.25) is 5.91 Å². The first kappa shape index (κ1) is 15.0. The molecule has 3 rings (SSSR count). The van der Waals surface area contributed by atoms with Gasteiger partial charge in [0.25, 0.3) is 0 Å². The molecule has 3 N–H and O–H groups in total. The molecule has 2 heterocycles. The van der Waals surface area contributed by atoms with Crippen LogP contribution in [0.3, 0.4) is 0 Å². The summed E-state index contributed by atoms with van der Waals surface area (Å²) in [6.07, 6.45) is 4.11. The normalized spacial score (nSPS) is 20.8. The van der Waals surface area contributed by atoms with Gasteiger partial charge in [-0.3, -0.25) is 9.78 Å². The van der Waals surface area contributed by atoms with Gasteiger partial charge in [0.15, 0.2) is 0 Å². The highest BCUT2D eigenvalue weighted by atomic mass is 35.5. The monoisotopic (exact) mass is 316 g/mol. The SMILES string of the molecule is O=C(NCc1ccncc1)C1CC(c2cccc(Cl)c2)NN1. The molecule has 0 spiro atoms. The van der Waals surface area contributed by atoms with Crippen LogP contribution >= 0.6 is 11.6 Å². The van der Waals surface area contributed by atoms with Gasteiger partial charge in [-0.05, 0) is 41.8 Å². The number of aromatic nitrogens is 1. The molecule has 5 nitrogen and oxygen atoms in total. The molecule has 22 heavy (non-hydrogen) atoms. The smallest absolute Gasteiger partial charge is 0.238 e. The highest BCUT2D eigenvalue weighted by molar-refractivity contribution is 6.30. The zero-order valence-electron chi connectivity index (χ0n) is 11.9. The third kappa shape index (κ3) is 3.62. The van der Waals surface area contributed by atoms with E-state index in [1.807, 2.05) is 36.4 Å². The van der Waals surface area contributed by atoms with Crippen molar-refractivity contribution in [3.05, 3.63) is 64.9 Å². The van der Waals surface area contributed by atoms with Crippen LogP contribution in [-0.4, -0.2) is 16.9 Å². The summed E-state index contributed by atoms with van der Waals surface area (Å²) in [4.78, 5) is 16.2. The molecule has 1 amide bonds. The van der Waals surface area contributed by atoms with Crippen LogP contribution in [0.25, 0.3) is 0 Å². The summed E-state index contributed by atoms with van der Waals surface area (Å²) in [6, 6.07) is 11.3. The Morgan fingerprint density at radius 1 is 1.27 bits per heavy atom. The van der Waals surface area contributed by atoms with Crippen LogP contribution in [0.1, 0.15) is 23.6 Å². The van der Waals surface area contributed by atoms with Gasteiger partial charge in [0.05, 0.1) is 0 Å². The lowest BCUT2D eigenvalue weighted by atomic mass is 10.0. The van der Waals surface area contributed by atoms with Crippen molar-refractivity contribution in [2.75, 3.05) is 0 Å². The average Bonchev–Trinajstić information content (AvgIpc) is 3.04. The second kappa shape index (κ2) is 6.87. The number of nitrogens with one attached hydrogen (secondary N) is 3. The largest absolute Gasteiger partial charge is 0.351 e. The van der Waals surface area contributed by atoms with Crippen molar-refractivity contribution in [2.24, 2.45) is 0 Å². The number of amides is 1. The number of nitrogens with zero attached hydrogens (tertiary/aromatic N) is 1. The van der Waals surface area contributed by atoms with E-state index in [0.29, 0.717) is 18.0 Å². The van der Waals surface area contributed by atoms with Crippen LogP contribution < -0.4 is 16.2 Å². The van der Waals surface area contributed by atoms with E-state index in [4.69, 9.17) is 11.6 Å². The van der Waals surface area contributed by atoms with Gasteiger partial charge in [-0.15, -0.1) is 0 Å². The van der Waals surface area contributed by atoms with Crippen molar-refractivity contribution in [1.29, 1.82) is 0 Å². The number of carbonyl (C=O) groups is 1. The van der Waals surface area contributed by atoms with Gasteiger partial charge in [-0.1, -0.05) is 23.7 Å². The number of pyridine rings is 1. The molecule has 114 valence electrons. The maximum absolute atomic E-state index is 12.2. The van der Waals surface area contributed by atoms with Crippen LogP contribution in [0.5, 0.6) is 0 Å². The number of halogens is 1. The van der Waals surface area contributed by atoms with Crippen molar-refractivity contribution in [3.63, 3.8) is 0 Å². The second-order valence-electron chi connectivity index (χ2n) is 5.26. The fourth-order valence-electron chi connectivity index (χ4n) is 2.48. The topological polar surface area (TPSA) is 66.0 Å². The lowest BCUT2D eigenvalue weighted by molar-refractivity contribution is -0.123. The molecule has 2 aromatic rings. The third-order valence-corrected chi connectivity index (χ3v) is 3.92. The van der Waals surface area contributed by atoms with Gasteiger partial charge in [-0.2, -0.15) is 0 Å². The Hall–Kier alpha value is -1.95. The molecule has 2 atom stereocenters. The number of benzene rings is 1. The van der Waals surface area contributed by atoms with Crippen LogP contribution in [0, 0.1) is 0 Å². The van der Waals surface area contributed by atoms with E-state index < -0.39 is 0 Å². The molecule has 0 saturated carbocycles. The first-order valence-electron chi connectivity index (χ1n) is 7.15. The molecule has 1 aliphatic rings. The molecular weight excluding hydrogens is 300 g/mol. The number of hydrogen-bond acceptors (Lipinski definition) is 4. The lowest BCUT2D eigenvalue weighted by Gasteiger charge is -2.11. The van der Waals surface area contributed by atoms with E-state index in [2.05, 4.69) is 21.2 Å². The Balaban J connectivity index is 1.55. The summed E-state index contributed by atoms with van der Waals surface area (Å²) in [6.45, 7) is 0.501. The highest BCUT2D eigenvalue weighted by Crippen LogP contribution is 2.24. The molecule has 0 bridgehead atoms. The molecule has 1 aromatic heterocycles. The molecular formula is C16H17ClN4O. The fourth-order valence-corrected chi connectivity index (χ4v) is 2.68. The Morgan fingerprint density at radius 3 is 2.86 bits per heavy atom. The average molecular weight is 317 g/mol. The van der Waals surface area contributed by atoms with Crippen LogP contribution in [0.4, 0.5) is 0 Å². The van der Waals surface area contributed by atoms with Gasteiger partial charge < -0.3 is 5.32 Å². The predicted molar refractivity (Wildman–Crippen MR) is 85.0 cm³/mol. The number of hydrogen-bond donors (Lipinski definition) is 3. The zero-order valence-corrected chi connectivity index (χ0v) is 12.7. The Morgan fingerprint density at radius 2 is 2.09 bits per heavy atom. The van der Waals surface area contributed by atoms with Crippen LogP contribution in [-0.2, 0) is 11.3 Å². The molecule has 0 radical (unpaired) electrons. The molecule has 1 aliphatic heterocycles. The van der Waals surface area contributed by atoms with Gasteiger partial charge >= 0.3 is 0 Å². The molecule has 1 fully saturated rings. The number of rotatable bonds is 4. The summed E-state index contributed by atoms with van der Waals surface area (Å²) >= 11 is 6.01. The minimum atomic E-state index is -0.259. The minimum Gasteiger partial charge on any atom is -0.351 e. The first-order valence-corrected chi connectivity index (χ1v) is 7.53. The van der Waals surface area contributed by atoms with E-state index in [1.54, 1.807) is 12.4 Å². The summed E-state index contributed by atoms with van der Waals surface area (Å²) in [7, 11) is 0. The van der Waals surface area contributed by atoms with Crippen molar-refractivity contribution in [2.45, 2.75) is 25.0 Å². The maximum atomic E-state index is 12.2. The standard InChI is InChI=1S/C16H17ClN4O/c17-13-3-1-2-12(8-13)14-9-15(21-20-14)16(22)19-10-11-4-6-18-7-5-11/h1-8,14-15,20-21H,9-10H2,(H,19,22). The Labute approximate surface area is 134 Å². The fraction of sp³-hybridized carbons (Fsp3) is 0.250. The third-order valence-electron chi connectivity index (χ3n) is 3.69. The zero-order chi connectivity index (χ0) is 15.4. The molecule has 1 saturated heterocycles. The highest BCUT2D eigenvalue weighted by Gasteiger charge is 2.29. The maximum Gasteiger partial charge on any atom is 0.238 e. The molecule has 1 aromatic carbocycles. The quantitative estimate of drug-likeness (QED) is 0.807. The van der Waals surface area contributed by atoms with E-state index in [1.165, 1.54) is 0 Å². The van der Waals surface area contributed by atoms with Gasteiger partial charge in [0.1, 0.15) is 6.04 Å². The summed E-state index contributed by atoms with van der Waals surface area (Å²) < 4.78 is 0. The summed E-state index contributed by atoms with van der Waals surface area (Å²) in [5.41, 5.74) is 8.29. The predicted octanol–water partition coefficient (Wildman–Crippen LogP) is 1.96. The second-order valence-corrected chi connectivity index (χ2v) is 5.69. The first-order chi connectivity index (χ1) is 10.7. The van der Waals surface area contributed by atoms with Gasteiger partial charge in [-0.25, -0.2) is 10.9 Å². The van der Waals surface area contributed by atoms with Crippen molar-refractivity contribution < 1.29 is 4.79 Å². The van der Waals surface area contributed by atoms with Crippen LogP contribution in [0.2, 0.25) is 5.02 Å². The Bertz CT molecular complexity index is 650. The number of carbonyl (C=O) groups excluding carboxylic acids is 1. The summed E-state index contributed by atoms with van der Waals surface area (Å²) in [5.74, 6) is -0.0196. The molecule has 0 aliphatic carbocycles. The van der Waals surface area contributed by atoms with Crippen LogP contribution in [0.15, 0.2) is 48.8 Å². The van der Waals surface area contributed by atoms with Crippen molar-refractivity contribution in [3.8, 4) is 0 Å².